The molecular formula is C18H18ClN3OS. The van der Waals surface area contributed by atoms with Crippen LogP contribution in [0.15, 0.2) is 59.8 Å². The van der Waals surface area contributed by atoms with Crippen molar-refractivity contribution in [3.05, 3.63) is 65.6 Å². The Bertz CT molecular complexity index is 799. The second kappa shape index (κ2) is 7.73. The van der Waals surface area contributed by atoms with Crippen molar-refractivity contribution in [3.63, 3.8) is 0 Å². The first-order valence-corrected chi connectivity index (χ1v) is 9.00. The van der Waals surface area contributed by atoms with Crippen LogP contribution in [0.25, 0.3) is 5.65 Å². The van der Waals surface area contributed by atoms with Crippen molar-refractivity contribution < 1.29 is 4.79 Å². The lowest BCUT2D eigenvalue weighted by Gasteiger charge is -2.11. The summed E-state index contributed by atoms with van der Waals surface area (Å²) in [5, 5.41) is 3.51. The Kier molecular flexibility index (Phi) is 5.43. The van der Waals surface area contributed by atoms with E-state index in [-0.39, 0.29) is 11.2 Å². The first kappa shape index (κ1) is 16.9. The Morgan fingerprint density at radius 3 is 2.83 bits per heavy atom. The summed E-state index contributed by atoms with van der Waals surface area (Å²) in [4.78, 5) is 17.7. The lowest BCUT2D eigenvalue weighted by molar-refractivity contribution is -0.120. The van der Waals surface area contributed by atoms with E-state index in [0.29, 0.717) is 18.0 Å². The molecule has 0 radical (unpaired) electrons. The maximum absolute atomic E-state index is 12.2. The number of rotatable bonds is 6. The van der Waals surface area contributed by atoms with Crippen LogP contribution < -0.4 is 5.32 Å². The normalized spacial score (nSPS) is 12.2. The molecule has 0 aliphatic carbocycles. The minimum atomic E-state index is -0.160. The third kappa shape index (κ3) is 4.30. The van der Waals surface area contributed by atoms with Crippen molar-refractivity contribution >= 4 is 34.9 Å². The number of imidazole rings is 1. The molecule has 2 aromatic heterocycles. The van der Waals surface area contributed by atoms with Crippen molar-refractivity contribution in [2.24, 2.45) is 0 Å². The van der Waals surface area contributed by atoms with Crippen LogP contribution in [-0.4, -0.2) is 27.1 Å². The maximum atomic E-state index is 12.2. The third-order valence-electron chi connectivity index (χ3n) is 3.59. The van der Waals surface area contributed by atoms with Gasteiger partial charge in [0.2, 0.25) is 5.91 Å². The molecule has 0 saturated heterocycles. The number of hydrogen-bond donors (Lipinski definition) is 1. The van der Waals surface area contributed by atoms with Crippen LogP contribution in [0.4, 0.5) is 0 Å². The smallest absolute Gasteiger partial charge is 0.233 e. The van der Waals surface area contributed by atoms with Gasteiger partial charge in [-0.05, 0) is 43.3 Å². The summed E-state index contributed by atoms with van der Waals surface area (Å²) in [6, 6.07) is 13.4. The van der Waals surface area contributed by atoms with E-state index < -0.39 is 0 Å². The summed E-state index contributed by atoms with van der Waals surface area (Å²) >= 11 is 7.39. The van der Waals surface area contributed by atoms with E-state index in [2.05, 4.69) is 10.3 Å². The SMILES string of the molecule is C[C@@H](Sc1ccc(Cl)cc1)C(=O)NCCc1cn2ccccc2n1. The lowest BCUT2D eigenvalue weighted by Crippen LogP contribution is -2.32. The maximum Gasteiger partial charge on any atom is 0.233 e. The minimum Gasteiger partial charge on any atom is -0.355 e. The number of aromatic nitrogens is 2. The van der Waals surface area contributed by atoms with E-state index in [1.165, 1.54) is 11.8 Å². The number of benzene rings is 1. The van der Waals surface area contributed by atoms with Gasteiger partial charge in [-0.3, -0.25) is 4.79 Å². The molecule has 1 atom stereocenters. The van der Waals surface area contributed by atoms with Crippen LogP contribution in [0.3, 0.4) is 0 Å². The molecule has 1 N–H and O–H groups in total. The van der Waals surface area contributed by atoms with Crippen molar-refractivity contribution in [2.45, 2.75) is 23.5 Å². The highest BCUT2D eigenvalue weighted by Gasteiger charge is 2.14. The summed E-state index contributed by atoms with van der Waals surface area (Å²) in [6.07, 6.45) is 4.67. The molecule has 124 valence electrons. The highest BCUT2D eigenvalue weighted by molar-refractivity contribution is 8.00. The molecule has 4 nitrogen and oxygen atoms in total. The number of nitrogens with one attached hydrogen (secondary N) is 1. The van der Waals surface area contributed by atoms with Crippen molar-refractivity contribution in [1.82, 2.24) is 14.7 Å². The quantitative estimate of drug-likeness (QED) is 0.680. The Hall–Kier alpha value is -1.98. The largest absolute Gasteiger partial charge is 0.355 e. The molecule has 2 heterocycles. The summed E-state index contributed by atoms with van der Waals surface area (Å²) in [5.74, 6) is 0.0266. The van der Waals surface area contributed by atoms with Gasteiger partial charge in [-0.1, -0.05) is 17.7 Å². The number of halogens is 1. The van der Waals surface area contributed by atoms with Gasteiger partial charge in [0, 0.05) is 35.3 Å². The van der Waals surface area contributed by atoms with E-state index >= 15 is 0 Å². The molecule has 3 aromatic rings. The zero-order valence-electron chi connectivity index (χ0n) is 13.3. The Balaban J connectivity index is 1.48. The number of pyridine rings is 1. The fourth-order valence-electron chi connectivity index (χ4n) is 2.34. The fourth-order valence-corrected chi connectivity index (χ4v) is 3.35. The number of carbonyl (C=O) groups is 1. The van der Waals surface area contributed by atoms with Crippen LogP contribution >= 0.6 is 23.4 Å². The molecular weight excluding hydrogens is 342 g/mol. The summed E-state index contributed by atoms with van der Waals surface area (Å²) < 4.78 is 1.98. The standard InChI is InChI=1S/C18H18ClN3OS/c1-13(24-16-7-5-14(19)6-8-16)18(23)20-10-9-15-12-22-11-3-2-4-17(22)21-15/h2-8,11-13H,9-10H2,1H3,(H,20,23)/t13-/m1/s1. The van der Waals surface area contributed by atoms with Crippen LogP contribution in [0.1, 0.15) is 12.6 Å². The van der Waals surface area contributed by atoms with Gasteiger partial charge in [-0.15, -0.1) is 11.8 Å². The minimum absolute atomic E-state index is 0.0266. The van der Waals surface area contributed by atoms with Crippen molar-refractivity contribution in [3.8, 4) is 0 Å². The van der Waals surface area contributed by atoms with Crippen LogP contribution in [0, 0.1) is 0 Å². The van der Waals surface area contributed by atoms with Gasteiger partial charge in [-0.25, -0.2) is 4.98 Å². The number of amides is 1. The monoisotopic (exact) mass is 359 g/mol. The molecule has 24 heavy (non-hydrogen) atoms. The summed E-state index contributed by atoms with van der Waals surface area (Å²) in [6.45, 7) is 2.48. The Labute approximate surface area is 150 Å². The van der Waals surface area contributed by atoms with Gasteiger partial charge < -0.3 is 9.72 Å². The zero-order chi connectivity index (χ0) is 16.9. The van der Waals surface area contributed by atoms with Crippen molar-refractivity contribution in [2.75, 3.05) is 6.54 Å². The van der Waals surface area contributed by atoms with Gasteiger partial charge in [0.05, 0.1) is 10.9 Å². The van der Waals surface area contributed by atoms with Crippen molar-refractivity contribution in [1.29, 1.82) is 0 Å². The predicted octanol–water partition coefficient (Wildman–Crippen LogP) is 3.83. The van der Waals surface area contributed by atoms with Crippen LogP contribution in [0.2, 0.25) is 5.02 Å². The average molecular weight is 360 g/mol. The molecule has 0 bridgehead atoms. The molecule has 0 unspecified atom stereocenters. The van der Waals surface area contributed by atoms with Gasteiger partial charge in [0.1, 0.15) is 5.65 Å². The molecule has 6 heteroatoms. The van der Waals surface area contributed by atoms with Gasteiger partial charge in [0.25, 0.3) is 0 Å². The van der Waals surface area contributed by atoms with Crippen LogP contribution in [-0.2, 0) is 11.2 Å². The number of thioether (sulfide) groups is 1. The van der Waals surface area contributed by atoms with Gasteiger partial charge in [-0.2, -0.15) is 0 Å². The van der Waals surface area contributed by atoms with E-state index in [4.69, 9.17) is 11.6 Å². The molecule has 0 aliphatic rings. The number of hydrogen-bond acceptors (Lipinski definition) is 3. The zero-order valence-corrected chi connectivity index (χ0v) is 14.8. The number of carbonyl (C=O) groups excluding carboxylic acids is 1. The highest BCUT2D eigenvalue weighted by atomic mass is 35.5. The average Bonchev–Trinajstić information content (AvgIpc) is 2.99. The Morgan fingerprint density at radius 1 is 1.29 bits per heavy atom. The fraction of sp³-hybridized carbons (Fsp3) is 0.222. The molecule has 0 spiro atoms. The molecule has 1 aromatic carbocycles. The summed E-state index contributed by atoms with van der Waals surface area (Å²) in [7, 11) is 0. The molecule has 1 amide bonds. The molecule has 3 rings (SSSR count). The first-order valence-electron chi connectivity index (χ1n) is 7.74. The first-order chi connectivity index (χ1) is 11.6. The topological polar surface area (TPSA) is 46.4 Å². The van der Waals surface area contributed by atoms with Crippen LogP contribution in [0.5, 0.6) is 0 Å². The number of nitrogens with zero attached hydrogens (tertiary/aromatic N) is 2. The second-order valence-electron chi connectivity index (χ2n) is 5.45. The predicted molar refractivity (Wildman–Crippen MR) is 98.7 cm³/mol. The lowest BCUT2D eigenvalue weighted by atomic mass is 10.3. The van der Waals surface area contributed by atoms with E-state index in [0.717, 1.165) is 16.2 Å². The number of fused-ring (bicyclic) bond motifs is 1. The van der Waals surface area contributed by atoms with Gasteiger partial charge in [0.15, 0.2) is 0 Å². The Morgan fingerprint density at radius 2 is 2.08 bits per heavy atom. The third-order valence-corrected chi connectivity index (χ3v) is 4.95. The van der Waals surface area contributed by atoms with E-state index in [1.807, 2.05) is 66.2 Å². The van der Waals surface area contributed by atoms with E-state index in [9.17, 15) is 4.79 Å². The highest BCUT2D eigenvalue weighted by Crippen LogP contribution is 2.24. The molecule has 0 fully saturated rings. The van der Waals surface area contributed by atoms with E-state index in [1.54, 1.807) is 0 Å². The molecule has 0 saturated carbocycles. The second-order valence-corrected chi connectivity index (χ2v) is 7.30. The van der Waals surface area contributed by atoms with Gasteiger partial charge >= 0.3 is 0 Å². The summed E-state index contributed by atoms with van der Waals surface area (Å²) in [5.41, 5.74) is 1.89. The molecule has 0 aliphatic heterocycles.